The van der Waals surface area contributed by atoms with Crippen molar-refractivity contribution in [3.8, 4) is 5.75 Å². The summed E-state index contributed by atoms with van der Waals surface area (Å²) in [4.78, 5) is 2.41. The predicted octanol–water partition coefficient (Wildman–Crippen LogP) is 3.20. The molecule has 0 aliphatic carbocycles. The number of ether oxygens (including phenoxy) is 1. The van der Waals surface area contributed by atoms with E-state index in [2.05, 4.69) is 37.8 Å². The van der Waals surface area contributed by atoms with Crippen LogP contribution in [0.4, 0.5) is 0 Å². The molecular weight excluding hydrogens is 236 g/mol. The summed E-state index contributed by atoms with van der Waals surface area (Å²) in [6.45, 7) is 12.3. The Morgan fingerprint density at radius 3 is 2.05 bits per heavy atom. The van der Waals surface area contributed by atoms with E-state index in [0.717, 1.165) is 12.3 Å². The van der Waals surface area contributed by atoms with E-state index in [4.69, 9.17) is 10.5 Å². The first-order valence-corrected chi connectivity index (χ1v) is 7.22. The van der Waals surface area contributed by atoms with Gasteiger partial charge in [-0.3, -0.25) is 4.90 Å². The second-order valence-electron chi connectivity index (χ2n) is 5.41. The monoisotopic (exact) mass is 264 g/mol. The number of hydrogen-bond acceptors (Lipinski definition) is 3. The number of nitrogens with zero attached hydrogens (tertiary/aromatic N) is 1. The van der Waals surface area contributed by atoms with Gasteiger partial charge in [0, 0.05) is 18.6 Å². The van der Waals surface area contributed by atoms with Gasteiger partial charge in [-0.25, -0.2) is 0 Å². The third kappa shape index (κ3) is 4.51. The Bertz CT molecular complexity index is 360. The molecule has 3 nitrogen and oxygen atoms in total. The molecule has 0 aromatic heterocycles. The van der Waals surface area contributed by atoms with E-state index in [1.54, 1.807) is 0 Å². The molecule has 0 aliphatic rings. The van der Waals surface area contributed by atoms with E-state index in [0.29, 0.717) is 12.6 Å². The third-order valence-electron chi connectivity index (χ3n) is 3.29. The summed E-state index contributed by atoms with van der Waals surface area (Å²) in [5.41, 5.74) is 7.22. The summed E-state index contributed by atoms with van der Waals surface area (Å²) in [6.07, 6.45) is 0.207. The van der Waals surface area contributed by atoms with E-state index in [-0.39, 0.29) is 12.1 Å². The van der Waals surface area contributed by atoms with Crippen LogP contribution in [0.25, 0.3) is 0 Å². The van der Waals surface area contributed by atoms with Gasteiger partial charge in [0.15, 0.2) is 0 Å². The number of benzene rings is 1. The van der Waals surface area contributed by atoms with Gasteiger partial charge < -0.3 is 10.5 Å². The van der Waals surface area contributed by atoms with Gasteiger partial charge in [-0.1, -0.05) is 19.1 Å². The molecule has 1 atom stereocenters. The summed E-state index contributed by atoms with van der Waals surface area (Å²) in [6, 6.07) is 9.09. The van der Waals surface area contributed by atoms with Gasteiger partial charge in [0.2, 0.25) is 0 Å². The van der Waals surface area contributed by atoms with Gasteiger partial charge in [0.05, 0.1) is 6.10 Å². The fourth-order valence-corrected chi connectivity index (χ4v) is 2.45. The van der Waals surface area contributed by atoms with Gasteiger partial charge >= 0.3 is 0 Å². The van der Waals surface area contributed by atoms with Crippen LogP contribution < -0.4 is 10.5 Å². The Morgan fingerprint density at radius 2 is 1.68 bits per heavy atom. The highest BCUT2D eigenvalue weighted by Crippen LogP contribution is 2.24. The quantitative estimate of drug-likeness (QED) is 0.822. The van der Waals surface area contributed by atoms with Gasteiger partial charge in [-0.05, 0) is 51.9 Å². The first kappa shape index (κ1) is 16.0. The minimum absolute atomic E-state index is 0.207. The van der Waals surface area contributed by atoms with Crippen LogP contribution in [-0.2, 0) is 0 Å². The van der Waals surface area contributed by atoms with E-state index < -0.39 is 0 Å². The lowest BCUT2D eigenvalue weighted by Gasteiger charge is -2.33. The predicted molar refractivity (Wildman–Crippen MR) is 81.5 cm³/mol. The highest BCUT2D eigenvalue weighted by atomic mass is 16.5. The average Bonchev–Trinajstić information content (AvgIpc) is 2.35. The van der Waals surface area contributed by atoms with Gasteiger partial charge in [-0.2, -0.15) is 0 Å². The van der Waals surface area contributed by atoms with Gasteiger partial charge in [-0.15, -0.1) is 0 Å². The maximum Gasteiger partial charge on any atom is 0.119 e. The van der Waals surface area contributed by atoms with Crippen LogP contribution in [-0.4, -0.2) is 30.1 Å². The zero-order chi connectivity index (χ0) is 14.4. The second kappa shape index (κ2) is 7.51. The van der Waals surface area contributed by atoms with Crippen molar-refractivity contribution in [1.29, 1.82) is 0 Å². The molecule has 3 heteroatoms. The smallest absolute Gasteiger partial charge is 0.119 e. The highest BCUT2D eigenvalue weighted by Gasteiger charge is 2.20. The van der Waals surface area contributed by atoms with Crippen molar-refractivity contribution in [1.82, 2.24) is 4.90 Å². The maximum absolute atomic E-state index is 5.96. The molecule has 19 heavy (non-hydrogen) atoms. The van der Waals surface area contributed by atoms with Crippen LogP contribution in [0.2, 0.25) is 0 Å². The van der Waals surface area contributed by atoms with Crippen LogP contribution in [0.1, 0.15) is 46.2 Å². The topological polar surface area (TPSA) is 38.5 Å². The molecule has 1 aromatic carbocycles. The third-order valence-corrected chi connectivity index (χ3v) is 3.29. The molecule has 2 N–H and O–H groups in total. The molecule has 1 unspecified atom stereocenters. The number of nitrogens with two attached hydrogens (primary N) is 1. The van der Waals surface area contributed by atoms with Crippen molar-refractivity contribution in [3.63, 3.8) is 0 Å². The van der Waals surface area contributed by atoms with E-state index in [9.17, 15) is 0 Å². The van der Waals surface area contributed by atoms with Crippen molar-refractivity contribution >= 4 is 0 Å². The SMILES string of the molecule is CCN(C(C)C)C(CN)c1ccc(OC(C)C)cc1. The molecule has 0 fully saturated rings. The second-order valence-corrected chi connectivity index (χ2v) is 5.41. The van der Waals surface area contributed by atoms with Crippen molar-refractivity contribution in [2.45, 2.75) is 52.8 Å². The lowest BCUT2D eigenvalue weighted by atomic mass is 10.0. The summed E-state index contributed by atoms with van der Waals surface area (Å²) < 4.78 is 5.67. The molecular formula is C16H28N2O. The zero-order valence-corrected chi connectivity index (χ0v) is 12.9. The summed E-state index contributed by atoms with van der Waals surface area (Å²) in [5, 5.41) is 0. The minimum atomic E-state index is 0.207. The van der Waals surface area contributed by atoms with Crippen LogP contribution in [0.3, 0.4) is 0 Å². The maximum atomic E-state index is 5.96. The normalized spacial score (nSPS) is 13.3. The van der Waals surface area contributed by atoms with E-state index >= 15 is 0 Å². The number of rotatable bonds is 7. The molecule has 0 amide bonds. The van der Waals surface area contributed by atoms with Crippen LogP contribution in [0, 0.1) is 0 Å². The fourth-order valence-electron chi connectivity index (χ4n) is 2.45. The molecule has 0 saturated heterocycles. The number of hydrogen-bond donors (Lipinski definition) is 1. The summed E-state index contributed by atoms with van der Waals surface area (Å²) >= 11 is 0. The van der Waals surface area contributed by atoms with Crippen molar-refractivity contribution in [2.24, 2.45) is 5.73 Å². The standard InChI is InChI=1S/C16H28N2O/c1-6-18(12(2)3)16(11-17)14-7-9-15(10-8-14)19-13(4)5/h7-10,12-13,16H,6,11,17H2,1-5H3. The summed E-state index contributed by atoms with van der Waals surface area (Å²) in [5.74, 6) is 0.919. The fraction of sp³-hybridized carbons (Fsp3) is 0.625. The lowest BCUT2D eigenvalue weighted by Crippen LogP contribution is -2.38. The Kier molecular flexibility index (Phi) is 6.32. The Balaban J connectivity index is 2.87. The largest absolute Gasteiger partial charge is 0.491 e. The van der Waals surface area contributed by atoms with Crippen LogP contribution >= 0.6 is 0 Å². The van der Waals surface area contributed by atoms with Crippen molar-refractivity contribution in [3.05, 3.63) is 29.8 Å². The lowest BCUT2D eigenvalue weighted by molar-refractivity contribution is 0.166. The van der Waals surface area contributed by atoms with Crippen molar-refractivity contribution < 1.29 is 4.74 Å². The Labute approximate surface area is 117 Å². The first-order valence-electron chi connectivity index (χ1n) is 7.22. The van der Waals surface area contributed by atoms with Crippen LogP contribution in [0.5, 0.6) is 5.75 Å². The molecule has 108 valence electrons. The van der Waals surface area contributed by atoms with E-state index in [1.807, 2.05) is 26.0 Å². The highest BCUT2D eigenvalue weighted by molar-refractivity contribution is 5.29. The van der Waals surface area contributed by atoms with Gasteiger partial charge in [0.25, 0.3) is 0 Å². The number of likely N-dealkylation sites (N-methyl/N-ethyl adjacent to an activating group) is 1. The minimum Gasteiger partial charge on any atom is -0.491 e. The zero-order valence-electron chi connectivity index (χ0n) is 12.9. The van der Waals surface area contributed by atoms with Crippen molar-refractivity contribution in [2.75, 3.05) is 13.1 Å². The Morgan fingerprint density at radius 1 is 1.11 bits per heavy atom. The summed E-state index contributed by atoms with van der Waals surface area (Å²) in [7, 11) is 0. The van der Waals surface area contributed by atoms with E-state index in [1.165, 1.54) is 5.56 Å². The molecule has 0 saturated carbocycles. The molecule has 0 heterocycles. The molecule has 0 radical (unpaired) electrons. The molecule has 1 rings (SSSR count). The van der Waals surface area contributed by atoms with Gasteiger partial charge in [0.1, 0.15) is 5.75 Å². The average molecular weight is 264 g/mol. The molecule has 0 aliphatic heterocycles. The molecule has 0 bridgehead atoms. The molecule has 1 aromatic rings. The first-order chi connectivity index (χ1) is 8.99. The molecule has 0 spiro atoms. The van der Waals surface area contributed by atoms with Crippen LogP contribution in [0.15, 0.2) is 24.3 Å². The Hall–Kier alpha value is -1.06.